The first-order valence-electron chi connectivity index (χ1n) is 7.57. The van der Waals surface area contributed by atoms with E-state index < -0.39 is 24.1 Å². The fraction of sp³-hybridized carbons (Fsp3) is 0.600. The van der Waals surface area contributed by atoms with Crippen LogP contribution in [-0.2, 0) is 4.74 Å². The summed E-state index contributed by atoms with van der Waals surface area (Å²) < 4.78 is 6.76. The Bertz CT molecular complexity index is 628. The molecule has 8 heteroatoms. The molecule has 23 heavy (non-hydrogen) atoms. The molecule has 3 atom stereocenters. The molecule has 128 valence electrons. The maximum Gasteiger partial charge on any atom is 0.351 e. The highest BCUT2D eigenvalue weighted by atomic mass is 16.5. The summed E-state index contributed by atoms with van der Waals surface area (Å²) in [4.78, 5) is 15.8. The molecule has 1 saturated heterocycles. The molecule has 0 aliphatic carbocycles. The first kappa shape index (κ1) is 17.6. The Morgan fingerprint density at radius 3 is 2.91 bits per heavy atom. The van der Waals surface area contributed by atoms with Crippen LogP contribution in [0, 0.1) is 0 Å². The van der Waals surface area contributed by atoms with Crippen LogP contribution in [0.25, 0.3) is 6.08 Å². The van der Waals surface area contributed by atoms with Gasteiger partial charge in [0.15, 0.2) is 0 Å². The zero-order valence-corrected chi connectivity index (χ0v) is 13.1. The lowest BCUT2D eigenvalue weighted by molar-refractivity contribution is -0.0458. The number of nitrogen functional groups attached to an aromatic ring is 1. The Morgan fingerprint density at radius 1 is 1.57 bits per heavy atom. The maximum atomic E-state index is 12.0. The van der Waals surface area contributed by atoms with Crippen LogP contribution in [0.3, 0.4) is 0 Å². The molecule has 8 nitrogen and oxygen atoms in total. The smallest absolute Gasteiger partial charge is 0.351 e. The number of nitrogens with zero attached hydrogens (tertiary/aromatic N) is 2. The molecule has 1 fully saturated rings. The quantitative estimate of drug-likeness (QED) is 0.562. The van der Waals surface area contributed by atoms with E-state index in [1.54, 1.807) is 6.20 Å². The summed E-state index contributed by atoms with van der Waals surface area (Å²) in [6.07, 6.45) is 2.67. The number of aliphatic hydroxyl groups excluding tert-OH is 3. The van der Waals surface area contributed by atoms with E-state index in [1.165, 1.54) is 4.57 Å². The molecule has 0 radical (unpaired) electrons. The van der Waals surface area contributed by atoms with Crippen molar-refractivity contribution in [1.82, 2.24) is 9.55 Å². The first-order valence-corrected chi connectivity index (χ1v) is 7.57. The second kappa shape index (κ2) is 7.69. The van der Waals surface area contributed by atoms with Gasteiger partial charge in [-0.15, -0.1) is 0 Å². The highest BCUT2D eigenvalue weighted by Gasteiger charge is 2.35. The van der Waals surface area contributed by atoms with Gasteiger partial charge in [-0.25, -0.2) is 4.79 Å². The van der Waals surface area contributed by atoms with Gasteiger partial charge in [-0.3, -0.25) is 4.57 Å². The van der Waals surface area contributed by atoms with Gasteiger partial charge in [-0.1, -0.05) is 11.6 Å². The Hall–Kier alpha value is -1.74. The third kappa shape index (κ3) is 4.17. The van der Waals surface area contributed by atoms with E-state index in [0.717, 1.165) is 5.57 Å². The molecule has 0 spiro atoms. The van der Waals surface area contributed by atoms with Crippen LogP contribution in [0.15, 0.2) is 16.6 Å². The zero-order valence-electron chi connectivity index (χ0n) is 13.1. The number of allylic oxidation sites excluding steroid dienone is 1. The van der Waals surface area contributed by atoms with Gasteiger partial charge in [0.2, 0.25) is 0 Å². The molecule has 0 bridgehead atoms. The summed E-state index contributed by atoms with van der Waals surface area (Å²) in [6.45, 7) is 1.69. The number of hydrogen-bond acceptors (Lipinski definition) is 7. The van der Waals surface area contributed by atoms with Crippen LogP contribution in [-0.4, -0.2) is 50.3 Å². The summed E-state index contributed by atoms with van der Waals surface area (Å²) in [5, 5.41) is 27.8. The number of hydrogen-bond donors (Lipinski definition) is 4. The van der Waals surface area contributed by atoms with Crippen LogP contribution in [0.4, 0.5) is 5.82 Å². The minimum atomic E-state index is -0.834. The number of anilines is 1. The van der Waals surface area contributed by atoms with Gasteiger partial charge in [0.1, 0.15) is 18.1 Å². The van der Waals surface area contributed by atoms with Crippen molar-refractivity contribution >= 4 is 11.9 Å². The average molecular weight is 325 g/mol. The lowest BCUT2D eigenvalue weighted by Crippen LogP contribution is -2.28. The van der Waals surface area contributed by atoms with Gasteiger partial charge in [0.05, 0.1) is 12.7 Å². The van der Waals surface area contributed by atoms with Crippen LogP contribution < -0.4 is 11.4 Å². The highest BCUT2D eigenvalue weighted by molar-refractivity contribution is 5.61. The predicted molar refractivity (Wildman–Crippen MR) is 84.5 cm³/mol. The van der Waals surface area contributed by atoms with Crippen molar-refractivity contribution in [1.29, 1.82) is 0 Å². The Labute approximate surface area is 133 Å². The molecule has 1 aromatic heterocycles. The fourth-order valence-electron chi connectivity index (χ4n) is 2.56. The molecule has 0 unspecified atom stereocenters. The third-order valence-electron chi connectivity index (χ3n) is 3.84. The largest absolute Gasteiger partial charge is 0.396 e. The summed E-state index contributed by atoms with van der Waals surface area (Å²) in [5.41, 5.74) is 6.80. The van der Waals surface area contributed by atoms with E-state index >= 15 is 0 Å². The number of aromatic nitrogens is 2. The number of rotatable bonds is 6. The molecule has 1 aliphatic rings. The second-order valence-electron chi connectivity index (χ2n) is 5.70. The molecule has 0 aromatic carbocycles. The SMILES string of the molecule is C/C(=C\c1cn([C@H]2C[C@H](O)[C@@H](CO)O2)c(=O)nc1N)CCCO. The standard InChI is InChI=1S/C15H23N3O5/c1-9(3-2-4-19)5-10-7-18(15(22)17-14(10)16)13-6-11(21)12(8-20)23-13/h5,7,11-13,19-21H,2-4,6,8H2,1H3,(H2,16,17,22)/b9-5+/t11-,12+,13+/m0/s1. The van der Waals surface area contributed by atoms with Gasteiger partial charge in [0, 0.05) is 24.8 Å². The molecule has 1 aromatic rings. The minimum Gasteiger partial charge on any atom is -0.396 e. The summed E-state index contributed by atoms with van der Waals surface area (Å²) >= 11 is 0. The third-order valence-corrected chi connectivity index (χ3v) is 3.84. The van der Waals surface area contributed by atoms with Crippen molar-refractivity contribution in [2.75, 3.05) is 18.9 Å². The Kier molecular flexibility index (Phi) is 5.89. The molecule has 0 saturated carbocycles. The van der Waals surface area contributed by atoms with Crippen LogP contribution in [0.5, 0.6) is 0 Å². The Balaban J connectivity index is 2.28. The van der Waals surface area contributed by atoms with Crippen molar-refractivity contribution < 1.29 is 20.1 Å². The van der Waals surface area contributed by atoms with Crippen LogP contribution in [0.1, 0.15) is 38.0 Å². The summed E-state index contributed by atoms with van der Waals surface area (Å²) in [7, 11) is 0. The Morgan fingerprint density at radius 2 is 2.30 bits per heavy atom. The van der Waals surface area contributed by atoms with E-state index in [9.17, 15) is 9.90 Å². The lowest BCUT2D eigenvalue weighted by Gasteiger charge is -2.15. The normalized spacial score (nSPS) is 25.0. The van der Waals surface area contributed by atoms with Gasteiger partial charge in [-0.2, -0.15) is 4.98 Å². The van der Waals surface area contributed by atoms with Crippen molar-refractivity contribution in [3.05, 3.63) is 27.8 Å². The van der Waals surface area contributed by atoms with Crippen molar-refractivity contribution in [3.63, 3.8) is 0 Å². The maximum absolute atomic E-state index is 12.0. The lowest BCUT2D eigenvalue weighted by atomic mass is 10.1. The molecular formula is C15H23N3O5. The van der Waals surface area contributed by atoms with E-state index in [0.29, 0.717) is 18.4 Å². The van der Waals surface area contributed by atoms with Crippen molar-refractivity contribution in [3.8, 4) is 0 Å². The van der Waals surface area contributed by atoms with Crippen LogP contribution >= 0.6 is 0 Å². The van der Waals surface area contributed by atoms with Crippen LogP contribution in [0.2, 0.25) is 0 Å². The fourth-order valence-corrected chi connectivity index (χ4v) is 2.56. The predicted octanol–water partition coefficient (Wildman–Crippen LogP) is -0.358. The van der Waals surface area contributed by atoms with Crippen molar-refractivity contribution in [2.45, 2.75) is 44.6 Å². The molecule has 5 N–H and O–H groups in total. The van der Waals surface area contributed by atoms with E-state index in [2.05, 4.69) is 4.98 Å². The van der Waals surface area contributed by atoms with Gasteiger partial charge in [0.25, 0.3) is 0 Å². The monoisotopic (exact) mass is 325 g/mol. The van der Waals surface area contributed by atoms with Crippen molar-refractivity contribution in [2.24, 2.45) is 0 Å². The molecular weight excluding hydrogens is 302 g/mol. The van der Waals surface area contributed by atoms with E-state index in [4.69, 9.17) is 20.7 Å². The number of nitrogens with two attached hydrogens (primary N) is 1. The molecule has 2 rings (SSSR count). The molecule has 1 aliphatic heterocycles. The topological polar surface area (TPSA) is 131 Å². The highest BCUT2D eigenvalue weighted by Crippen LogP contribution is 2.28. The second-order valence-corrected chi connectivity index (χ2v) is 5.70. The summed E-state index contributed by atoms with van der Waals surface area (Å²) in [5.74, 6) is 0.117. The van der Waals surface area contributed by atoms with E-state index in [-0.39, 0.29) is 25.5 Å². The zero-order chi connectivity index (χ0) is 17.0. The minimum absolute atomic E-state index is 0.106. The number of ether oxygens (including phenoxy) is 1. The average Bonchev–Trinajstić information content (AvgIpc) is 2.88. The molecule has 2 heterocycles. The van der Waals surface area contributed by atoms with Gasteiger partial charge < -0.3 is 25.8 Å². The number of aliphatic hydroxyl groups is 3. The van der Waals surface area contributed by atoms with E-state index in [1.807, 2.05) is 13.0 Å². The first-order chi connectivity index (χ1) is 11.0. The summed E-state index contributed by atoms with van der Waals surface area (Å²) in [6, 6.07) is 0. The molecule has 0 amide bonds. The van der Waals surface area contributed by atoms with Gasteiger partial charge >= 0.3 is 5.69 Å². The van der Waals surface area contributed by atoms with Gasteiger partial charge in [-0.05, 0) is 19.8 Å².